The standard InChI is InChI=1S/C12H27NOS/c1-6-13-11(4)8-7-9-15(14)12(5)10(2)3/h10-13H,6-9H2,1-5H3. The van der Waals surface area contributed by atoms with Crippen molar-refractivity contribution >= 4 is 10.8 Å². The van der Waals surface area contributed by atoms with Crippen LogP contribution in [0.4, 0.5) is 0 Å². The Bertz CT molecular complexity index is 182. The highest BCUT2D eigenvalue weighted by Gasteiger charge is 2.14. The Kier molecular flexibility index (Phi) is 8.34. The Morgan fingerprint density at radius 3 is 2.27 bits per heavy atom. The third-order valence-corrected chi connectivity index (χ3v) is 4.95. The molecule has 0 heterocycles. The SMILES string of the molecule is CCNC(C)CCCS(=O)C(C)C(C)C. The van der Waals surface area contributed by atoms with Crippen LogP contribution in [0.15, 0.2) is 0 Å². The fraction of sp³-hybridized carbons (Fsp3) is 1.00. The first-order valence-electron chi connectivity index (χ1n) is 6.09. The average Bonchev–Trinajstić information content (AvgIpc) is 2.16. The van der Waals surface area contributed by atoms with Gasteiger partial charge < -0.3 is 5.32 Å². The molecule has 0 bridgehead atoms. The predicted molar refractivity (Wildman–Crippen MR) is 69.7 cm³/mol. The maximum Gasteiger partial charge on any atom is 0.0342 e. The van der Waals surface area contributed by atoms with E-state index in [1.807, 2.05) is 0 Å². The van der Waals surface area contributed by atoms with Gasteiger partial charge in [0.2, 0.25) is 0 Å². The van der Waals surface area contributed by atoms with Crippen LogP contribution in [0.25, 0.3) is 0 Å². The van der Waals surface area contributed by atoms with Crippen LogP contribution in [0.1, 0.15) is 47.5 Å². The lowest BCUT2D eigenvalue weighted by Gasteiger charge is -2.16. The second kappa shape index (κ2) is 8.28. The zero-order chi connectivity index (χ0) is 11.8. The molecule has 0 aromatic carbocycles. The van der Waals surface area contributed by atoms with E-state index in [9.17, 15) is 4.21 Å². The summed E-state index contributed by atoms with van der Waals surface area (Å²) in [5.74, 6) is 1.38. The van der Waals surface area contributed by atoms with Crippen molar-refractivity contribution in [2.45, 2.75) is 58.8 Å². The first-order chi connectivity index (χ1) is 6.99. The van der Waals surface area contributed by atoms with Gasteiger partial charge in [-0.1, -0.05) is 27.7 Å². The zero-order valence-electron chi connectivity index (χ0n) is 10.9. The average molecular weight is 233 g/mol. The molecule has 0 spiro atoms. The molecule has 0 aliphatic carbocycles. The van der Waals surface area contributed by atoms with Crippen LogP contribution in [0.3, 0.4) is 0 Å². The van der Waals surface area contributed by atoms with Crippen molar-refractivity contribution in [2.24, 2.45) is 5.92 Å². The molecule has 0 aromatic rings. The topological polar surface area (TPSA) is 29.1 Å². The normalized spacial score (nSPS) is 17.7. The minimum atomic E-state index is -0.643. The fourth-order valence-electron chi connectivity index (χ4n) is 1.47. The number of rotatable bonds is 8. The van der Waals surface area contributed by atoms with E-state index in [1.165, 1.54) is 0 Å². The summed E-state index contributed by atoms with van der Waals surface area (Å²) in [5.41, 5.74) is 0. The molecular formula is C12H27NOS. The van der Waals surface area contributed by atoms with Gasteiger partial charge in [-0.2, -0.15) is 0 Å². The molecule has 0 fully saturated rings. The molecule has 3 atom stereocenters. The van der Waals surface area contributed by atoms with Crippen molar-refractivity contribution in [3.63, 3.8) is 0 Å². The molecule has 0 aliphatic heterocycles. The van der Waals surface area contributed by atoms with E-state index < -0.39 is 10.8 Å². The highest BCUT2D eigenvalue weighted by molar-refractivity contribution is 7.85. The van der Waals surface area contributed by atoms with Crippen LogP contribution < -0.4 is 5.32 Å². The van der Waals surface area contributed by atoms with Gasteiger partial charge in [0, 0.05) is 27.8 Å². The molecule has 1 N–H and O–H groups in total. The molecule has 3 heteroatoms. The summed E-state index contributed by atoms with van der Waals surface area (Å²) in [6.07, 6.45) is 2.20. The van der Waals surface area contributed by atoms with E-state index in [2.05, 4.69) is 39.9 Å². The smallest absolute Gasteiger partial charge is 0.0342 e. The lowest BCUT2D eigenvalue weighted by atomic mass is 10.2. The van der Waals surface area contributed by atoms with Gasteiger partial charge in [0.05, 0.1) is 0 Å². The molecule has 0 aliphatic rings. The maximum absolute atomic E-state index is 11.8. The molecule has 92 valence electrons. The molecule has 0 saturated heterocycles. The van der Waals surface area contributed by atoms with Gasteiger partial charge in [0.15, 0.2) is 0 Å². The predicted octanol–water partition coefficient (Wildman–Crippen LogP) is 2.56. The lowest BCUT2D eigenvalue weighted by molar-refractivity contribution is 0.523. The summed E-state index contributed by atoms with van der Waals surface area (Å²) in [4.78, 5) is 0. The summed E-state index contributed by atoms with van der Waals surface area (Å²) in [6, 6.07) is 0.557. The Morgan fingerprint density at radius 1 is 1.20 bits per heavy atom. The van der Waals surface area contributed by atoms with Gasteiger partial charge in [-0.25, -0.2) is 0 Å². The third kappa shape index (κ3) is 7.07. The Balaban J connectivity index is 3.63. The van der Waals surface area contributed by atoms with Gasteiger partial charge in [0.1, 0.15) is 0 Å². The maximum atomic E-state index is 11.8. The number of nitrogens with one attached hydrogen (secondary N) is 1. The summed E-state index contributed by atoms with van der Waals surface area (Å²) in [7, 11) is -0.643. The Hall–Kier alpha value is 0.110. The molecule has 0 aromatic heterocycles. The summed E-state index contributed by atoms with van der Waals surface area (Å²) in [6.45, 7) is 11.7. The van der Waals surface area contributed by atoms with Gasteiger partial charge in [-0.05, 0) is 32.2 Å². The van der Waals surface area contributed by atoms with E-state index in [-0.39, 0.29) is 0 Å². The largest absolute Gasteiger partial charge is 0.315 e. The van der Waals surface area contributed by atoms with Crippen LogP contribution in [0.2, 0.25) is 0 Å². The van der Waals surface area contributed by atoms with Crippen molar-refractivity contribution in [1.82, 2.24) is 5.32 Å². The van der Waals surface area contributed by atoms with E-state index in [4.69, 9.17) is 0 Å². The van der Waals surface area contributed by atoms with E-state index >= 15 is 0 Å². The third-order valence-electron chi connectivity index (χ3n) is 2.89. The Labute approximate surface area is 97.7 Å². The second-order valence-corrected chi connectivity index (χ2v) is 6.55. The van der Waals surface area contributed by atoms with Crippen LogP contribution in [0, 0.1) is 5.92 Å². The van der Waals surface area contributed by atoms with Crippen LogP contribution >= 0.6 is 0 Å². The van der Waals surface area contributed by atoms with Crippen LogP contribution in [-0.2, 0) is 10.8 Å². The van der Waals surface area contributed by atoms with Gasteiger partial charge in [0.25, 0.3) is 0 Å². The monoisotopic (exact) mass is 233 g/mol. The second-order valence-electron chi connectivity index (χ2n) is 4.63. The highest BCUT2D eigenvalue weighted by atomic mass is 32.2. The minimum Gasteiger partial charge on any atom is -0.315 e. The molecule has 3 unspecified atom stereocenters. The zero-order valence-corrected chi connectivity index (χ0v) is 11.7. The van der Waals surface area contributed by atoms with Crippen molar-refractivity contribution in [3.05, 3.63) is 0 Å². The quantitative estimate of drug-likeness (QED) is 0.698. The Morgan fingerprint density at radius 2 is 1.80 bits per heavy atom. The van der Waals surface area contributed by atoms with Crippen molar-refractivity contribution < 1.29 is 4.21 Å². The molecule has 15 heavy (non-hydrogen) atoms. The number of hydrogen-bond acceptors (Lipinski definition) is 2. The van der Waals surface area contributed by atoms with E-state index in [1.54, 1.807) is 0 Å². The van der Waals surface area contributed by atoms with Crippen LogP contribution in [-0.4, -0.2) is 27.8 Å². The first kappa shape index (κ1) is 15.1. The lowest BCUT2D eigenvalue weighted by Crippen LogP contribution is -2.26. The van der Waals surface area contributed by atoms with Crippen molar-refractivity contribution in [2.75, 3.05) is 12.3 Å². The van der Waals surface area contributed by atoms with E-state index in [0.29, 0.717) is 17.2 Å². The molecular weight excluding hydrogens is 206 g/mol. The summed E-state index contributed by atoms with van der Waals surface area (Å²) >= 11 is 0. The molecule has 2 nitrogen and oxygen atoms in total. The van der Waals surface area contributed by atoms with Crippen molar-refractivity contribution in [3.8, 4) is 0 Å². The van der Waals surface area contributed by atoms with Crippen LogP contribution in [0.5, 0.6) is 0 Å². The van der Waals surface area contributed by atoms with E-state index in [0.717, 1.165) is 25.1 Å². The summed E-state index contributed by atoms with van der Waals surface area (Å²) in [5, 5.41) is 3.71. The molecule has 0 radical (unpaired) electrons. The highest BCUT2D eigenvalue weighted by Crippen LogP contribution is 2.10. The van der Waals surface area contributed by atoms with Gasteiger partial charge >= 0.3 is 0 Å². The molecule has 0 amide bonds. The summed E-state index contributed by atoms with van der Waals surface area (Å²) < 4.78 is 11.8. The minimum absolute atomic E-state index is 0.333. The van der Waals surface area contributed by atoms with Gasteiger partial charge in [-0.3, -0.25) is 4.21 Å². The van der Waals surface area contributed by atoms with Gasteiger partial charge in [-0.15, -0.1) is 0 Å². The molecule has 0 rings (SSSR count). The number of hydrogen-bond donors (Lipinski definition) is 1. The first-order valence-corrected chi connectivity index (χ1v) is 7.47. The molecule has 0 saturated carbocycles. The van der Waals surface area contributed by atoms with Crippen molar-refractivity contribution in [1.29, 1.82) is 0 Å². The fourth-order valence-corrected chi connectivity index (χ4v) is 2.90.